The number of ether oxygens (including phenoxy) is 3. The van der Waals surface area contributed by atoms with Gasteiger partial charge in [-0.05, 0) is 65.4 Å². The quantitative estimate of drug-likeness (QED) is 0.0362. The average molecular weight is 1240 g/mol. The average Bonchev–Trinajstić information content (AvgIpc) is 2.81. The Hall–Kier alpha value is -7.10. The van der Waals surface area contributed by atoms with Crippen LogP contribution in [0.1, 0.15) is 72.8 Å². The van der Waals surface area contributed by atoms with E-state index >= 15 is 0 Å². The molecule has 0 aliphatic carbocycles. The fourth-order valence-corrected chi connectivity index (χ4v) is 11.6. The normalized spacial score (nSPS) is 17.4. The van der Waals surface area contributed by atoms with E-state index in [4.69, 9.17) is 14.2 Å². The standard InChI is InChI=1S/C63H82F3N11O10S/c1-42-57(88-41-70-42)45-11-9-43(10-12-45)37-69-60(83)53-35-48(78)40-77(53)61(84)58(62(2,3)4)72-55(80)16-28-86-30-32-87-31-29-85-27-15-54(79)67-17-18-74-21-23-75(24-22-74)39-44-7-6-8-46(33-44)47-13-14-52(76-25-19-73(5)20-26-76)51(34-47)71-59(82)49-38-68-56(81)36-50(49)63(64,65)66/h6-14,33-34,36,38,41,48,53,58,78H,15-32,35,37,39-40H2,1-5H3,(H,67,79)(H,68,81)(H,69,83)(H,71,82)(H,72,80)/t48-,53+,58?/m1/s1. The molecule has 0 bridgehead atoms. The molecule has 5 aromatic rings. The van der Waals surface area contributed by atoms with Crippen molar-refractivity contribution >= 4 is 52.2 Å². The van der Waals surface area contributed by atoms with Crippen molar-refractivity contribution in [1.82, 2.24) is 45.5 Å². The molecule has 3 aliphatic rings. The molecule has 6 N–H and O–H groups in total. The maximum absolute atomic E-state index is 14.0. The van der Waals surface area contributed by atoms with Gasteiger partial charge >= 0.3 is 6.18 Å². The number of likely N-dealkylation sites (N-methyl/N-ethyl adjacent to an activating group) is 1. The minimum Gasteiger partial charge on any atom is -0.391 e. The Morgan fingerprint density at radius 3 is 2.08 bits per heavy atom. The number of amides is 5. The number of aromatic nitrogens is 2. The van der Waals surface area contributed by atoms with Crippen LogP contribution in [-0.2, 0) is 52.7 Å². The van der Waals surface area contributed by atoms with Gasteiger partial charge in [0.25, 0.3) is 5.91 Å². The van der Waals surface area contributed by atoms with E-state index in [0.717, 1.165) is 83.9 Å². The van der Waals surface area contributed by atoms with Crippen molar-refractivity contribution in [3.8, 4) is 21.6 Å². The molecule has 1 unspecified atom stereocenters. The van der Waals surface area contributed by atoms with E-state index < -0.39 is 64.2 Å². The van der Waals surface area contributed by atoms with E-state index in [0.29, 0.717) is 50.2 Å². The third kappa shape index (κ3) is 19.2. The van der Waals surface area contributed by atoms with Gasteiger partial charge in [-0.3, -0.25) is 38.6 Å². The summed E-state index contributed by atoms with van der Waals surface area (Å²) in [5, 5.41) is 22.1. The highest BCUT2D eigenvalue weighted by atomic mass is 32.1. The molecule has 3 fully saturated rings. The SMILES string of the molecule is Cc1ncsc1-c1ccc(CNC(=O)[C@@H]2C[C@@H](O)CN2C(=O)C(NC(=O)CCOCCOCCOCCC(=O)NCCN2CCN(Cc3cccc(-c4ccc(N5CCN(C)CC5)c(NC(=O)c5c[nH]c(=O)cc5C(F)(F)F)c4)c3)CC2)C(C)(C)C)cc1. The van der Waals surface area contributed by atoms with Gasteiger partial charge in [0, 0.05) is 117 Å². The number of carbonyl (C=O) groups excluding carboxylic acids is 5. The number of anilines is 2. The van der Waals surface area contributed by atoms with Crippen molar-refractivity contribution in [1.29, 1.82) is 0 Å². The van der Waals surface area contributed by atoms with Crippen LogP contribution < -0.4 is 31.7 Å². The first kappa shape index (κ1) is 66.8. The van der Waals surface area contributed by atoms with Gasteiger partial charge in [-0.15, -0.1) is 11.3 Å². The van der Waals surface area contributed by atoms with Crippen molar-refractivity contribution in [2.24, 2.45) is 5.41 Å². The van der Waals surface area contributed by atoms with Crippen molar-refractivity contribution in [3.63, 3.8) is 0 Å². The molecule has 0 spiro atoms. The number of aryl methyl sites for hydroxylation is 1. The Morgan fingerprint density at radius 1 is 0.773 bits per heavy atom. The third-order valence-corrected chi connectivity index (χ3v) is 16.8. The molecule has 25 heteroatoms. The van der Waals surface area contributed by atoms with E-state index in [1.807, 2.05) is 83.3 Å². The largest absolute Gasteiger partial charge is 0.417 e. The van der Waals surface area contributed by atoms with Crippen LogP contribution in [-0.4, -0.2) is 201 Å². The number of benzene rings is 3. The molecule has 0 radical (unpaired) electrons. The first-order chi connectivity index (χ1) is 42.1. The minimum atomic E-state index is -4.91. The number of thiazole rings is 1. The number of aliphatic hydroxyl groups is 1. The van der Waals surface area contributed by atoms with Crippen LogP contribution in [0.3, 0.4) is 0 Å². The fourth-order valence-electron chi connectivity index (χ4n) is 10.8. The Kier molecular flexibility index (Phi) is 23.8. The summed E-state index contributed by atoms with van der Waals surface area (Å²) in [5.74, 6) is -2.31. The Morgan fingerprint density at radius 2 is 1.42 bits per heavy atom. The van der Waals surface area contributed by atoms with Crippen molar-refractivity contribution in [3.05, 3.63) is 123 Å². The van der Waals surface area contributed by atoms with Gasteiger partial charge in [0.1, 0.15) is 12.1 Å². The smallest absolute Gasteiger partial charge is 0.391 e. The fraction of sp³-hybridized carbons (Fsp3) is 0.508. The van der Waals surface area contributed by atoms with Crippen LogP contribution in [0, 0.1) is 12.3 Å². The van der Waals surface area contributed by atoms with Crippen LogP contribution in [0.4, 0.5) is 24.5 Å². The van der Waals surface area contributed by atoms with E-state index in [9.17, 15) is 47.0 Å². The molecular weight excluding hydrogens is 1160 g/mol. The van der Waals surface area contributed by atoms with Gasteiger partial charge in [-0.2, -0.15) is 13.2 Å². The third-order valence-electron chi connectivity index (χ3n) is 15.8. The van der Waals surface area contributed by atoms with Crippen molar-refractivity contribution in [2.45, 2.75) is 84.4 Å². The molecule has 3 atom stereocenters. The van der Waals surface area contributed by atoms with E-state index in [2.05, 4.69) is 63.0 Å². The van der Waals surface area contributed by atoms with E-state index in [1.165, 1.54) is 4.90 Å². The number of β-amino-alcohol motifs (C(OH)–C–C–N with tert-alkyl or cyclic N) is 1. The molecule has 0 saturated carbocycles. The van der Waals surface area contributed by atoms with Gasteiger partial charge in [-0.25, -0.2) is 4.98 Å². The summed E-state index contributed by atoms with van der Waals surface area (Å²) in [5.41, 5.74) is 4.81. The number of aliphatic hydroxyl groups excluding tert-OH is 1. The topological polar surface area (TPSA) is 243 Å². The first-order valence-electron chi connectivity index (χ1n) is 29.9. The predicted molar refractivity (Wildman–Crippen MR) is 330 cm³/mol. The van der Waals surface area contributed by atoms with Crippen molar-refractivity contribution < 1.29 is 56.5 Å². The Balaban J connectivity index is 0.670. The minimum absolute atomic E-state index is 0.00668. The number of piperazine rings is 2. The monoisotopic (exact) mass is 1240 g/mol. The molecule has 88 heavy (non-hydrogen) atoms. The summed E-state index contributed by atoms with van der Waals surface area (Å²) >= 11 is 1.56. The maximum Gasteiger partial charge on any atom is 0.417 e. The van der Waals surface area contributed by atoms with Gasteiger partial charge < -0.3 is 60.3 Å². The number of carbonyl (C=O) groups is 5. The first-order valence-corrected chi connectivity index (χ1v) is 30.8. The molecule has 476 valence electrons. The number of hydrogen-bond acceptors (Lipinski definition) is 16. The summed E-state index contributed by atoms with van der Waals surface area (Å²) in [4.78, 5) is 96.4. The highest BCUT2D eigenvalue weighted by molar-refractivity contribution is 7.13. The lowest BCUT2D eigenvalue weighted by atomic mass is 9.85. The van der Waals surface area contributed by atoms with Crippen molar-refractivity contribution in [2.75, 3.05) is 129 Å². The predicted octanol–water partition coefficient (Wildman–Crippen LogP) is 5.37. The van der Waals surface area contributed by atoms with Crippen LogP contribution in [0.15, 0.2) is 89.3 Å². The number of nitrogens with one attached hydrogen (secondary N) is 5. The second kappa shape index (κ2) is 31.4. The molecule has 3 aromatic carbocycles. The zero-order chi connectivity index (χ0) is 63.0. The summed E-state index contributed by atoms with van der Waals surface area (Å²) in [6, 6.07) is 20.1. The number of likely N-dealkylation sites (tertiary alicyclic amines) is 1. The zero-order valence-corrected chi connectivity index (χ0v) is 51.5. The van der Waals surface area contributed by atoms with Crippen LogP contribution >= 0.6 is 11.3 Å². The number of aromatic amines is 1. The lowest BCUT2D eigenvalue weighted by molar-refractivity contribution is -0.144. The number of hydrogen-bond donors (Lipinski definition) is 6. The molecule has 5 amide bonds. The summed E-state index contributed by atoms with van der Waals surface area (Å²) in [7, 11) is 2.02. The number of pyridine rings is 1. The van der Waals surface area contributed by atoms with E-state index in [-0.39, 0.29) is 83.8 Å². The second-order valence-electron chi connectivity index (χ2n) is 23.5. The number of nitrogens with zero attached hydrogens (tertiary/aromatic N) is 6. The highest BCUT2D eigenvalue weighted by Crippen LogP contribution is 2.36. The molecule has 3 aliphatic heterocycles. The highest BCUT2D eigenvalue weighted by Gasteiger charge is 2.44. The van der Waals surface area contributed by atoms with Gasteiger partial charge in [0.15, 0.2) is 0 Å². The molecule has 2 aromatic heterocycles. The van der Waals surface area contributed by atoms with Gasteiger partial charge in [0.05, 0.1) is 84.3 Å². The lowest BCUT2D eigenvalue weighted by Crippen LogP contribution is -2.57. The van der Waals surface area contributed by atoms with Crippen LogP contribution in [0.2, 0.25) is 0 Å². The maximum atomic E-state index is 14.0. The number of rotatable bonds is 27. The second-order valence-corrected chi connectivity index (χ2v) is 24.4. The zero-order valence-electron chi connectivity index (χ0n) is 50.7. The summed E-state index contributed by atoms with van der Waals surface area (Å²) < 4.78 is 58.7. The number of H-pyrrole nitrogens is 1. The van der Waals surface area contributed by atoms with Crippen LogP contribution in [0.25, 0.3) is 21.6 Å². The molecule has 21 nitrogen and oxygen atoms in total. The summed E-state index contributed by atoms with van der Waals surface area (Å²) in [6.45, 7) is 17.1. The van der Waals surface area contributed by atoms with Crippen LogP contribution in [0.5, 0.6) is 0 Å². The molecule has 8 rings (SSSR count). The Labute approximate surface area is 515 Å². The number of halogens is 3. The lowest BCUT2D eigenvalue weighted by Gasteiger charge is -2.35. The van der Waals surface area contributed by atoms with Gasteiger partial charge in [-0.1, -0.05) is 69.3 Å². The Bertz CT molecular complexity index is 3210. The van der Waals surface area contributed by atoms with Gasteiger partial charge in [0.2, 0.25) is 29.2 Å². The molecule has 3 saturated heterocycles. The number of alkyl halides is 3. The summed E-state index contributed by atoms with van der Waals surface area (Å²) in [6.07, 6.45) is -4.71. The molecular formula is C63H82F3N11O10S. The molecule has 5 heterocycles. The van der Waals surface area contributed by atoms with E-state index in [1.54, 1.807) is 22.9 Å².